The highest BCUT2D eigenvalue weighted by Gasteiger charge is 2.37. The lowest BCUT2D eigenvalue weighted by Crippen LogP contribution is -2.61. The standard InChI is InChI=1S/C45H68F3N11O12S/c1-5-25(4)38-43(70)55-28(11-12-33(49)61)40(67)57-32(21-34(50)62)41(68)56-29(13-17-72-18-14-36(64)53-31(42(69)58-38)20-26-7-9-27(60)10-8-26)44(71)59(16-6-15-45(46,47)48)23-37(65)54-30(19-24(2)3)39(66)52-22-35(51)63/h7-10,24-25,28-32,38,60H,5-6,11-23H2,1-4H3,(H2,49,61)(H2,50,62)(H2,51,63)(H,52,66)(H,53,64)(H,54,65)(H,55,70)(H,56,68)(H,57,67)(H,58,69)/t25-,28-,29-,30-,31-,32-,38-/m0/s1. The summed E-state index contributed by atoms with van der Waals surface area (Å²) in [6, 6.07) is -3.39. The Bertz CT molecular complexity index is 2080. The molecule has 1 heterocycles. The molecule has 1 aliphatic rings. The Labute approximate surface area is 418 Å². The van der Waals surface area contributed by atoms with Crippen LogP contribution in [-0.4, -0.2) is 149 Å². The predicted octanol–water partition coefficient (Wildman–Crippen LogP) is -1.62. The number of phenols is 1. The van der Waals surface area contributed by atoms with E-state index in [2.05, 4.69) is 37.2 Å². The average molecular weight is 1040 g/mol. The number of phenolic OH excluding ortho intramolecular Hbond substituents is 1. The molecule has 0 unspecified atom stereocenters. The van der Waals surface area contributed by atoms with Crippen molar-refractivity contribution in [3.8, 4) is 5.75 Å². The van der Waals surface area contributed by atoms with Crippen LogP contribution < -0.4 is 54.4 Å². The van der Waals surface area contributed by atoms with Crippen LogP contribution in [0.25, 0.3) is 0 Å². The Morgan fingerprint density at radius 3 is 2.03 bits per heavy atom. The molecule has 7 atom stereocenters. The number of carbonyl (C=O) groups excluding carboxylic acids is 11. The van der Waals surface area contributed by atoms with Crippen LogP contribution in [0.15, 0.2) is 24.3 Å². The van der Waals surface area contributed by atoms with Crippen molar-refractivity contribution in [2.75, 3.05) is 31.1 Å². The second kappa shape index (κ2) is 30.3. The zero-order valence-electron chi connectivity index (χ0n) is 40.7. The number of primary amides is 3. The zero-order chi connectivity index (χ0) is 54.3. The zero-order valence-corrected chi connectivity index (χ0v) is 41.5. The van der Waals surface area contributed by atoms with Gasteiger partial charge in [0.2, 0.25) is 65.0 Å². The molecule has 23 nitrogen and oxygen atoms in total. The minimum atomic E-state index is -4.69. The van der Waals surface area contributed by atoms with E-state index in [1.165, 1.54) is 24.3 Å². The van der Waals surface area contributed by atoms with Crippen LogP contribution in [0, 0.1) is 11.8 Å². The van der Waals surface area contributed by atoms with Gasteiger partial charge >= 0.3 is 6.18 Å². The summed E-state index contributed by atoms with van der Waals surface area (Å²) in [6.07, 6.45) is -8.97. The number of amides is 11. The topological polar surface area (TPSA) is 374 Å². The summed E-state index contributed by atoms with van der Waals surface area (Å²) in [4.78, 5) is 147. The number of carbonyl (C=O) groups is 11. The lowest BCUT2D eigenvalue weighted by atomic mass is 9.96. The second-order valence-electron chi connectivity index (χ2n) is 17.8. The summed E-state index contributed by atoms with van der Waals surface area (Å²) in [5, 5.41) is 27.0. The van der Waals surface area contributed by atoms with Crippen molar-refractivity contribution in [2.45, 2.75) is 134 Å². The van der Waals surface area contributed by atoms with Crippen LogP contribution in [0.1, 0.15) is 91.0 Å². The van der Waals surface area contributed by atoms with Crippen molar-refractivity contribution < 1.29 is 71.0 Å². The number of hydrogen-bond donors (Lipinski definition) is 11. The SMILES string of the molecule is CC[C@H](C)[C@@H]1NC(=O)[C@H](Cc2ccc(O)cc2)NC(=O)CCSCC[C@@H](C(=O)N(CCCC(F)(F)F)CC(=O)N[C@@H](CC(C)C)C(=O)NCC(N)=O)NC(=O)[C@H](CC(N)=O)NC(=O)[C@H](CCC(N)=O)NC1=O. The third kappa shape index (κ3) is 23.5. The molecule has 0 saturated carbocycles. The largest absolute Gasteiger partial charge is 0.508 e. The second-order valence-corrected chi connectivity index (χ2v) is 19.0. The summed E-state index contributed by atoms with van der Waals surface area (Å²) in [5.74, 6) is -11.4. The van der Waals surface area contributed by atoms with Gasteiger partial charge in [-0.1, -0.05) is 46.2 Å². The van der Waals surface area contributed by atoms with Gasteiger partial charge in [-0.25, -0.2) is 0 Å². The van der Waals surface area contributed by atoms with Gasteiger partial charge in [0.1, 0.15) is 42.0 Å². The maximum Gasteiger partial charge on any atom is 0.389 e. The maximum atomic E-state index is 14.5. The van der Waals surface area contributed by atoms with Crippen LogP contribution >= 0.6 is 11.8 Å². The number of alkyl halides is 3. The van der Waals surface area contributed by atoms with Crippen LogP contribution in [0.3, 0.4) is 0 Å². The van der Waals surface area contributed by atoms with Crippen LogP contribution in [-0.2, 0) is 59.2 Å². The Morgan fingerprint density at radius 2 is 1.44 bits per heavy atom. The first-order chi connectivity index (χ1) is 33.7. The van der Waals surface area contributed by atoms with Crippen LogP contribution in [0.5, 0.6) is 5.75 Å². The fraction of sp³-hybridized carbons (Fsp3) is 0.622. The lowest BCUT2D eigenvalue weighted by molar-refractivity contribution is -0.144. The summed E-state index contributed by atoms with van der Waals surface area (Å²) >= 11 is 1.08. The van der Waals surface area contributed by atoms with Gasteiger partial charge in [0.15, 0.2) is 0 Å². The first-order valence-corrected chi connectivity index (χ1v) is 24.5. The molecule has 27 heteroatoms. The van der Waals surface area contributed by atoms with Gasteiger partial charge in [0, 0.05) is 38.0 Å². The van der Waals surface area contributed by atoms with Gasteiger partial charge in [0.25, 0.3) is 0 Å². The van der Waals surface area contributed by atoms with E-state index in [1.807, 2.05) is 0 Å². The van der Waals surface area contributed by atoms with Gasteiger partial charge in [-0.15, -0.1) is 0 Å². The van der Waals surface area contributed by atoms with E-state index < -0.39 is 165 Å². The molecule has 72 heavy (non-hydrogen) atoms. The van der Waals surface area contributed by atoms with Crippen LogP contribution in [0.4, 0.5) is 13.2 Å². The van der Waals surface area contributed by atoms with Crippen molar-refractivity contribution in [2.24, 2.45) is 29.0 Å². The molecule has 2 rings (SSSR count). The number of hydrogen-bond acceptors (Lipinski definition) is 13. The van der Waals surface area contributed by atoms with Gasteiger partial charge < -0.3 is 64.4 Å². The highest BCUT2D eigenvalue weighted by molar-refractivity contribution is 7.99. The van der Waals surface area contributed by atoms with Crippen molar-refractivity contribution in [1.82, 2.24) is 42.1 Å². The Kier molecular flexibility index (Phi) is 25.8. The molecule has 0 bridgehead atoms. The smallest absolute Gasteiger partial charge is 0.389 e. The molecular formula is C45H68F3N11O12S. The predicted molar refractivity (Wildman–Crippen MR) is 255 cm³/mol. The molecule has 11 amide bonds. The van der Waals surface area contributed by atoms with Crippen molar-refractivity contribution in [3.05, 3.63) is 29.8 Å². The normalized spacial score (nSPS) is 20.8. The molecule has 1 fully saturated rings. The van der Waals surface area contributed by atoms with Gasteiger partial charge in [-0.05, 0) is 61.0 Å². The molecule has 0 radical (unpaired) electrons. The summed E-state index contributed by atoms with van der Waals surface area (Å²) in [5.41, 5.74) is 16.5. The Morgan fingerprint density at radius 1 is 0.819 bits per heavy atom. The fourth-order valence-electron chi connectivity index (χ4n) is 7.17. The Balaban J connectivity index is 2.68. The monoisotopic (exact) mass is 1040 g/mol. The molecule has 1 aliphatic heterocycles. The first kappa shape index (κ1) is 61.4. The number of benzene rings is 1. The van der Waals surface area contributed by atoms with E-state index in [9.17, 15) is 71.0 Å². The molecule has 14 N–H and O–H groups in total. The quantitative estimate of drug-likeness (QED) is 0.0660. The van der Waals surface area contributed by atoms with Crippen molar-refractivity contribution >= 4 is 76.7 Å². The third-order valence-electron chi connectivity index (χ3n) is 11.1. The molecule has 0 spiro atoms. The van der Waals surface area contributed by atoms with Gasteiger partial charge in [-0.2, -0.15) is 24.9 Å². The number of rotatable bonds is 21. The number of nitrogens with zero attached hydrogens (tertiary/aromatic N) is 1. The molecule has 402 valence electrons. The number of thioether (sulfide) groups is 1. The van der Waals surface area contributed by atoms with E-state index in [0.717, 1.165) is 16.7 Å². The maximum absolute atomic E-state index is 14.5. The fourth-order valence-corrected chi connectivity index (χ4v) is 8.10. The van der Waals surface area contributed by atoms with Gasteiger partial charge in [-0.3, -0.25) is 52.7 Å². The van der Waals surface area contributed by atoms with E-state index in [0.29, 0.717) is 12.0 Å². The minimum Gasteiger partial charge on any atom is -0.508 e. The molecule has 0 aromatic heterocycles. The molecular weight excluding hydrogens is 976 g/mol. The summed E-state index contributed by atoms with van der Waals surface area (Å²) < 4.78 is 40.3. The van der Waals surface area contributed by atoms with Crippen LogP contribution in [0.2, 0.25) is 0 Å². The van der Waals surface area contributed by atoms with E-state index in [4.69, 9.17) is 17.2 Å². The highest BCUT2D eigenvalue weighted by atomic mass is 32.2. The molecule has 1 aromatic rings. The Hall–Kier alpha value is -6.67. The van der Waals surface area contributed by atoms with E-state index >= 15 is 0 Å². The summed E-state index contributed by atoms with van der Waals surface area (Å²) in [7, 11) is 0. The average Bonchev–Trinajstić information content (AvgIpc) is 3.28. The van der Waals surface area contributed by atoms with Gasteiger partial charge in [0.05, 0.1) is 19.5 Å². The number of halogens is 3. The van der Waals surface area contributed by atoms with Crippen molar-refractivity contribution in [1.29, 1.82) is 0 Å². The van der Waals surface area contributed by atoms with E-state index in [1.54, 1.807) is 27.7 Å². The first-order valence-electron chi connectivity index (χ1n) is 23.3. The molecule has 1 aromatic carbocycles. The highest BCUT2D eigenvalue weighted by Crippen LogP contribution is 2.22. The number of aromatic hydroxyl groups is 1. The van der Waals surface area contributed by atoms with E-state index in [-0.39, 0.29) is 48.9 Å². The molecule has 1 saturated heterocycles. The molecule has 0 aliphatic carbocycles. The lowest BCUT2D eigenvalue weighted by Gasteiger charge is -2.30. The number of nitrogens with two attached hydrogens (primary N) is 3. The minimum absolute atomic E-state index is 0.0248. The summed E-state index contributed by atoms with van der Waals surface area (Å²) in [6.45, 7) is 4.55. The number of nitrogens with one attached hydrogen (secondary N) is 7. The van der Waals surface area contributed by atoms with Crippen molar-refractivity contribution in [3.63, 3.8) is 0 Å². The third-order valence-corrected chi connectivity index (χ3v) is 12.2.